The lowest BCUT2D eigenvalue weighted by molar-refractivity contribution is 1.10. The van der Waals surface area contributed by atoms with Gasteiger partial charge in [-0.15, -0.1) is 0 Å². The van der Waals surface area contributed by atoms with E-state index < -0.39 is 0 Å². The van der Waals surface area contributed by atoms with Gasteiger partial charge in [-0.1, -0.05) is 13.0 Å². The van der Waals surface area contributed by atoms with Crippen LogP contribution >= 0.6 is 0 Å². The third-order valence-corrected chi connectivity index (χ3v) is 3.50. The summed E-state index contributed by atoms with van der Waals surface area (Å²) in [7, 11) is 0. The van der Waals surface area contributed by atoms with Crippen LogP contribution in [-0.4, -0.2) is 9.97 Å². The zero-order valence-electron chi connectivity index (χ0n) is 11.2. The Morgan fingerprint density at radius 2 is 1.84 bits per heavy atom. The van der Waals surface area contributed by atoms with Gasteiger partial charge in [-0.3, -0.25) is 9.97 Å². The van der Waals surface area contributed by atoms with Gasteiger partial charge in [0.15, 0.2) is 0 Å². The van der Waals surface area contributed by atoms with Crippen LogP contribution in [0, 0.1) is 6.92 Å². The number of hydrogen-bond donors (Lipinski definition) is 0. The first-order chi connectivity index (χ1) is 9.28. The molecule has 0 saturated carbocycles. The largest absolute Gasteiger partial charge is 0.264 e. The highest BCUT2D eigenvalue weighted by molar-refractivity contribution is 5.89. The fourth-order valence-corrected chi connectivity index (χ4v) is 2.39. The first-order valence-electron chi connectivity index (χ1n) is 6.56. The van der Waals surface area contributed by atoms with Gasteiger partial charge in [-0.2, -0.15) is 0 Å². The Bertz CT molecular complexity index is 732. The predicted octanol–water partition coefficient (Wildman–Crippen LogP) is 4.17. The van der Waals surface area contributed by atoms with Crippen molar-refractivity contribution < 1.29 is 0 Å². The number of nitrogens with zero attached hydrogens (tertiary/aromatic N) is 2. The molecule has 0 aliphatic rings. The highest BCUT2D eigenvalue weighted by Gasteiger charge is 2.04. The Labute approximate surface area is 113 Å². The summed E-state index contributed by atoms with van der Waals surface area (Å²) < 4.78 is 0. The van der Waals surface area contributed by atoms with E-state index in [-0.39, 0.29) is 0 Å². The molecule has 0 amide bonds. The summed E-state index contributed by atoms with van der Waals surface area (Å²) >= 11 is 0. The maximum atomic E-state index is 4.33. The van der Waals surface area contributed by atoms with Gasteiger partial charge in [0, 0.05) is 35.7 Å². The van der Waals surface area contributed by atoms with Crippen LogP contribution in [0.15, 0.2) is 49.1 Å². The minimum Gasteiger partial charge on any atom is -0.264 e. The molecule has 0 spiro atoms. The Kier molecular flexibility index (Phi) is 3.00. The van der Waals surface area contributed by atoms with E-state index in [2.05, 4.69) is 48.1 Å². The van der Waals surface area contributed by atoms with Crippen LogP contribution in [0.3, 0.4) is 0 Å². The Morgan fingerprint density at radius 1 is 0.947 bits per heavy atom. The van der Waals surface area contributed by atoms with E-state index in [0.717, 1.165) is 6.42 Å². The first kappa shape index (κ1) is 11.8. The van der Waals surface area contributed by atoms with Crippen LogP contribution in [0.2, 0.25) is 0 Å². The lowest BCUT2D eigenvalue weighted by Crippen LogP contribution is -1.88. The lowest BCUT2D eigenvalue weighted by Gasteiger charge is -2.08. The first-order valence-corrected chi connectivity index (χ1v) is 6.56. The molecule has 0 aliphatic heterocycles. The van der Waals surface area contributed by atoms with Crippen molar-refractivity contribution in [2.24, 2.45) is 0 Å². The van der Waals surface area contributed by atoms with Crippen LogP contribution in [-0.2, 0) is 6.42 Å². The number of pyridine rings is 2. The Morgan fingerprint density at radius 3 is 2.68 bits per heavy atom. The molecule has 19 heavy (non-hydrogen) atoms. The zero-order chi connectivity index (χ0) is 13.2. The molecule has 3 rings (SSSR count). The Balaban J connectivity index is 2.19. The average Bonchev–Trinajstić information content (AvgIpc) is 2.47. The molecule has 2 heterocycles. The monoisotopic (exact) mass is 248 g/mol. The third kappa shape index (κ3) is 2.22. The molecule has 0 saturated heterocycles. The second kappa shape index (κ2) is 4.81. The maximum absolute atomic E-state index is 4.33. The SMILES string of the molecule is CCc1cncc(-c2cc(C)c3cnccc3c2)c1. The van der Waals surface area contributed by atoms with E-state index in [1.807, 2.05) is 24.8 Å². The molecule has 0 N–H and O–H groups in total. The summed E-state index contributed by atoms with van der Waals surface area (Å²) in [5.41, 5.74) is 4.92. The lowest BCUT2D eigenvalue weighted by atomic mass is 9.99. The van der Waals surface area contributed by atoms with E-state index in [1.54, 1.807) is 0 Å². The maximum Gasteiger partial charge on any atom is 0.0349 e. The van der Waals surface area contributed by atoms with E-state index in [0.29, 0.717) is 0 Å². The molecule has 0 bridgehead atoms. The van der Waals surface area contributed by atoms with Crippen LogP contribution in [0.4, 0.5) is 0 Å². The number of aryl methyl sites for hydroxylation is 2. The van der Waals surface area contributed by atoms with Gasteiger partial charge in [0.25, 0.3) is 0 Å². The highest BCUT2D eigenvalue weighted by Crippen LogP contribution is 2.27. The summed E-state index contributed by atoms with van der Waals surface area (Å²) in [6.07, 6.45) is 8.64. The molecular weight excluding hydrogens is 232 g/mol. The van der Waals surface area contributed by atoms with Crippen LogP contribution in [0.1, 0.15) is 18.1 Å². The van der Waals surface area contributed by atoms with Crippen molar-refractivity contribution in [1.82, 2.24) is 9.97 Å². The minimum absolute atomic E-state index is 1.01. The molecule has 2 nitrogen and oxygen atoms in total. The van der Waals surface area contributed by atoms with Crippen molar-refractivity contribution in [2.45, 2.75) is 20.3 Å². The second-order valence-electron chi connectivity index (χ2n) is 4.83. The summed E-state index contributed by atoms with van der Waals surface area (Å²) in [6, 6.07) is 8.69. The summed E-state index contributed by atoms with van der Waals surface area (Å²) in [4.78, 5) is 8.52. The minimum atomic E-state index is 1.01. The molecule has 3 aromatic rings. The smallest absolute Gasteiger partial charge is 0.0349 e. The molecule has 1 aromatic carbocycles. The molecule has 0 fully saturated rings. The van der Waals surface area contributed by atoms with E-state index in [4.69, 9.17) is 0 Å². The second-order valence-corrected chi connectivity index (χ2v) is 4.83. The van der Waals surface area contributed by atoms with Gasteiger partial charge < -0.3 is 0 Å². The van der Waals surface area contributed by atoms with Crippen LogP contribution in [0.25, 0.3) is 21.9 Å². The summed E-state index contributed by atoms with van der Waals surface area (Å²) in [5, 5.41) is 2.44. The number of hydrogen-bond acceptors (Lipinski definition) is 2. The predicted molar refractivity (Wildman–Crippen MR) is 79.1 cm³/mol. The molecule has 94 valence electrons. The third-order valence-electron chi connectivity index (χ3n) is 3.50. The van der Waals surface area contributed by atoms with Gasteiger partial charge in [0.2, 0.25) is 0 Å². The molecular formula is C17H16N2. The Hall–Kier alpha value is -2.22. The van der Waals surface area contributed by atoms with Gasteiger partial charge in [-0.05, 0) is 53.6 Å². The molecule has 0 atom stereocenters. The number of benzene rings is 1. The topological polar surface area (TPSA) is 25.8 Å². The number of aromatic nitrogens is 2. The standard InChI is InChI=1S/C17H16N2/c1-3-13-7-16(10-19-9-13)15-6-12(2)17-11-18-5-4-14(17)8-15/h4-11H,3H2,1-2H3. The van der Waals surface area contributed by atoms with Crippen molar-refractivity contribution >= 4 is 10.8 Å². The van der Waals surface area contributed by atoms with Crippen molar-refractivity contribution in [3.8, 4) is 11.1 Å². The fraction of sp³-hybridized carbons (Fsp3) is 0.176. The molecule has 2 aromatic heterocycles. The van der Waals surface area contributed by atoms with Crippen molar-refractivity contribution in [3.63, 3.8) is 0 Å². The van der Waals surface area contributed by atoms with Crippen LogP contribution < -0.4 is 0 Å². The normalized spacial score (nSPS) is 10.8. The van der Waals surface area contributed by atoms with Crippen molar-refractivity contribution in [2.75, 3.05) is 0 Å². The number of rotatable bonds is 2. The fourth-order valence-electron chi connectivity index (χ4n) is 2.39. The van der Waals surface area contributed by atoms with Crippen molar-refractivity contribution in [3.05, 3.63) is 60.2 Å². The zero-order valence-corrected chi connectivity index (χ0v) is 11.2. The molecule has 0 aliphatic carbocycles. The number of fused-ring (bicyclic) bond motifs is 1. The van der Waals surface area contributed by atoms with E-state index in [9.17, 15) is 0 Å². The molecule has 2 heteroatoms. The van der Waals surface area contributed by atoms with Gasteiger partial charge in [0.05, 0.1) is 0 Å². The van der Waals surface area contributed by atoms with Gasteiger partial charge in [0.1, 0.15) is 0 Å². The molecule has 0 unspecified atom stereocenters. The molecule has 0 radical (unpaired) electrons. The summed E-state index contributed by atoms with van der Waals surface area (Å²) in [6.45, 7) is 4.28. The summed E-state index contributed by atoms with van der Waals surface area (Å²) in [5.74, 6) is 0. The highest BCUT2D eigenvalue weighted by atomic mass is 14.6. The van der Waals surface area contributed by atoms with Crippen molar-refractivity contribution in [1.29, 1.82) is 0 Å². The van der Waals surface area contributed by atoms with E-state index in [1.165, 1.54) is 33.0 Å². The average molecular weight is 248 g/mol. The van der Waals surface area contributed by atoms with E-state index >= 15 is 0 Å². The van der Waals surface area contributed by atoms with Gasteiger partial charge >= 0.3 is 0 Å². The quantitative estimate of drug-likeness (QED) is 0.680. The van der Waals surface area contributed by atoms with Gasteiger partial charge in [-0.25, -0.2) is 0 Å². The van der Waals surface area contributed by atoms with Crippen LogP contribution in [0.5, 0.6) is 0 Å².